The Hall–Kier alpha value is -2.12. The molecule has 2 rings (SSSR count). The van der Waals surface area contributed by atoms with Crippen LogP contribution < -0.4 is 5.32 Å². The molecule has 0 aromatic carbocycles. The summed E-state index contributed by atoms with van der Waals surface area (Å²) >= 11 is 0. The highest BCUT2D eigenvalue weighted by Gasteiger charge is 2.44. The zero-order valence-corrected chi connectivity index (χ0v) is 12.3. The van der Waals surface area contributed by atoms with Crippen LogP contribution in [0.15, 0.2) is 0 Å². The number of carbonyl (C=O) groups is 1. The number of nitro groups is 1. The number of aromatic nitrogens is 2. The summed E-state index contributed by atoms with van der Waals surface area (Å²) in [5.74, 6) is -0.559. The van der Waals surface area contributed by atoms with E-state index in [1.807, 2.05) is 6.92 Å². The molecule has 21 heavy (non-hydrogen) atoms. The van der Waals surface area contributed by atoms with Crippen LogP contribution in [0.3, 0.4) is 0 Å². The Labute approximate surface area is 122 Å². The Kier molecular flexibility index (Phi) is 4.15. The fourth-order valence-electron chi connectivity index (χ4n) is 2.69. The van der Waals surface area contributed by atoms with Gasteiger partial charge in [-0.1, -0.05) is 19.8 Å². The van der Waals surface area contributed by atoms with Gasteiger partial charge >= 0.3 is 11.7 Å². The van der Waals surface area contributed by atoms with E-state index >= 15 is 0 Å². The van der Waals surface area contributed by atoms with Gasteiger partial charge < -0.3 is 10.4 Å². The van der Waals surface area contributed by atoms with E-state index in [0.717, 1.165) is 12.8 Å². The number of anilines is 1. The number of aryl methyl sites for hydroxylation is 2. The Balaban J connectivity index is 2.23. The molecule has 1 aromatic rings. The maximum Gasteiger partial charge on any atom is 0.333 e. The normalized spacial score (nSPS) is 16.3. The smallest absolute Gasteiger partial charge is 0.333 e. The fourth-order valence-corrected chi connectivity index (χ4v) is 2.69. The van der Waals surface area contributed by atoms with Crippen molar-refractivity contribution in [2.24, 2.45) is 12.5 Å². The number of hydrogen-bond acceptors (Lipinski definition) is 5. The van der Waals surface area contributed by atoms with E-state index in [0.29, 0.717) is 25.0 Å². The summed E-state index contributed by atoms with van der Waals surface area (Å²) in [5.41, 5.74) is -0.409. The van der Waals surface area contributed by atoms with Gasteiger partial charge in [0.2, 0.25) is 5.82 Å². The molecule has 1 heterocycles. The first kappa shape index (κ1) is 15.3. The minimum atomic E-state index is -0.847. The first-order valence-corrected chi connectivity index (χ1v) is 7.09. The Bertz CT molecular complexity index is 563. The van der Waals surface area contributed by atoms with Gasteiger partial charge in [0.15, 0.2) is 0 Å². The van der Waals surface area contributed by atoms with Gasteiger partial charge in [-0.25, -0.2) is 4.68 Å². The lowest BCUT2D eigenvalue weighted by atomic mass is 9.69. The van der Waals surface area contributed by atoms with E-state index in [1.54, 1.807) is 7.05 Å². The van der Waals surface area contributed by atoms with E-state index in [1.165, 1.54) is 4.68 Å². The van der Waals surface area contributed by atoms with Crippen LogP contribution in [0.2, 0.25) is 0 Å². The molecule has 116 valence electrons. The average molecular weight is 296 g/mol. The van der Waals surface area contributed by atoms with Crippen molar-refractivity contribution in [3.63, 3.8) is 0 Å². The Morgan fingerprint density at radius 1 is 1.57 bits per heavy atom. The molecule has 8 heteroatoms. The molecule has 0 saturated heterocycles. The van der Waals surface area contributed by atoms with Crippen LogP contribution in [-0.4, -0.2) is 32.3 Å². The molecule has 0 amide bonds. The summed E-state index contributed by atoms with van der Waals surface area (Å²) in [6.45, 7) is 2.12. The number of carboxylic acid groups (broad SMARTS) is 1. The minimum Gasteiger partial charge on any atom is -0.481 e. The first-order chi connectivity index (χ1) is 9.91. The number of nitrogens with zero attached hydrogens (tertiary/aromatic N) is 3. The summed E-state index contributed by atoms with van der Waals surface area (Å²) in [7, 11) is 1.63. The number of carboxylic acids is 1. The summed E-state index contributed by atoms with van der Waals surface area (Å²) in [4.78, 5) is 22.2. The van der Waals surface area contributed by atoms with Crippen LogP contribution >= 0.6 is 0 Å². The van der Waals surface area contributed by atoms with Gasteiger partial charge in [0.25, 0.3) is 0 Å². The first-order valence-electron chi connectivity index (χ1n) is 7.09. The van der Waals surface area contributed by atoms with E-state index < -0.39 is 16.3 Å². The monoisotopic (exact) mass is 296 g/mol. The van der Waals surface area contributed by atoms with Gasteiger partial charge in [-0.3, -0.25) is 14.9 Å². The molecule has 0 bridgehead atoms. The van der Waals surface area contributed by atoms with Gasteiger partial charge in [0, 0.05) is 13.6 Å². The van der Waals surface area contributed by atoms with Crippen molar-refractivity contribution in [1.82, 2.24) is 9.78 Å². The molecular weight excluding hydrogens is 276 g/mol. The van der Waals surface area contributed by atoms with Gasteiger partial charge in [0.1, 0.15) is 5.69 Å². The summed E-state index contributed by atoms with van der Waals surface area (Å²) in [6, 6.07) is 0. The number of aliphatic carboxylic acids is 1. The van der Waals surface area contributed by atoms with Crippen LogP contribution in [0.5, 0.6) is 0 Å². The third-order valence-electron chi connectivity index (χ3n) is 4.12. The second kappa shape index (κ2) is 5.71. The molecule has 0 unspecified atom stereocenters. The van der Waals surface area contributed by atoms with Crippen LogP contribution in [-0.2, 0) is 18.3 Å². The van der Waals surface area contributed by atoms with Crippen molar-refractivity contribution < 1.29 is 14.8 Å². The SMILES string of the molecule is CCCc1nn(C)c(NCC2(C(=O)O)CCC2)c1[N+](=O)[O-]. The molecule has 8 nitrogen and oxygen atoms in total. The quantitative estimate of drug-likeness (QED) is 0.587. The fraction of sp³-hybridized carbons (Fsp3) is 0.692. The maximum absolute atomic E-state index is 11.3. The molecule has 1 aliphatic carbocycles. The lowest BCUT2D eigenvalue weighted by Gasteiger charge is -2.37. The highest BCUT2D eigenvalue weighted by atomic mass is 16.6. The topological polar surface area (TPSA) is 110 Å². The van der Waals surface area contributed by atoms with Gasteiger partial charge in [-0.2, -0.15) is 5.10 Å². The van der Waals surface area contributed by atoms with Gasteiger partial charge in [-0.15, -0.1) is 0 Å². The molecule has 0 aliphatic heterocycles. The van der Waals surface area contributed by atoms with Crippen molar-refractivity contribution in [2.45, 2.75) is 39.0 Å². The van der Waals surface area contributed by atoms with Crippen molar-refractivity contribution in [3.8, 4) is 0 Å². The lowest BCUT2D eigenvalue weighted by Crippen LogP contribution is -2.43. The Morgan fingerprint density at radius 3 is 2.67 bits per heavy atom. The van der Waals surface area contributed by atoms with E-state index in [9.17, 15) is 20.0 Å². The predicted molar refractivity (Wildman–Crippen MR) is 76.3 cm³/mol. The van der Waals surface area contributed by atoms with Crippen molar-refractivity contribution in [1.29, 1.82) is 0 Å². The highest BCUT2D eigenvalue weighted by molar-refractivity contribution is 5.77. The number of hydrogen-bond donors (Lipinski definition) is 2. The molecule has 1 aromatic heterocycles. The maximum atomic E-state index is 11.3. The number of nitrogens with one attached hydrogen (secondary N) is 1. The summed E-state index contributed by atoms with van der Waals surface area (Å²) < 4.78 is 1.43. The van der Waals surface area contributed by atoms with Crippen LogP contribution in [0.4, 0.5) is 11.5 Å². The number of rotatable bonds is 7. The highest BCUT2D eigenvalue weighted by Crippen LogP contribution is 2.42. The lowest BCUT2D eigenvalue weighted by molar-refractivity contribution is -0.384. The molecule has 0 radical (unpaired) electrons. The van der Waals surface area contributed by atoms with Crippen LogP contribution in [0.1, 0.15) is 38.3 Å². The van der Waals surface area contributed by atoms with Crippen LogP contribution in [0.25, 0.3) is 0 Å². The van der Waals surface area contributed by atoms with E-state index in [4.69, 9.17) is 0 Å². The second-order valence-corrected chi connectivity index (χ2v) is 5.57. The zero-order chi connectivity index (χ0) is 15.6. The van der Waals surface area contributed by atoms with Gasteiger partial charge in [-0.05, 0) is 19.3 Å². The molecular formula is C13H20N4O4. The predicted octanol–water partition coefficient (Wildman–Crippen LogP) is 1.95. The minimum absolute atomic E-state index is 0.0424. The summed E-state index contributed by atoms with van der Waals surface area (Å²) in [6.07, 6.45) is 3.36. The third kappa shape index (κ3) is 2.70. The van der Waals surface area contributed by atoms with Crippen LogP contribution in [0, 0.1) is 15.5 Å². The Morgan fingerprint density at radius 2 is 2.24 bits per heavy atom. The largest absolute Gasteiger partial charge is 0.481 e. The van der Waals surface area contributed by atoms with Crippen molar-refractivity contribution >= 4 is 17.5 Å². The van der Waals surface area contributed by atoms with Crippen molar-refractivity contribution in [3.05, 3.63) is 15.8 Å². The third-order valence-corrected chi connectivity index (χ3v) is 4.12. The van der Waals surface area contributed by atoms with E-state index in [2.05, 4.69) is 10.4 Å². The van der Waals surface area contributed by atoms with E-state index in [-0.39, 0.29) is 18.1 Å². The molecule has 1 saturated carbocycles. The summed E-state index contributed by atoms with van der Waals surface area (Å²) in [5, 5.41) is 27.7. The zero-order valence-electron chi connectivity index (χ0n) is 12.3. The van der Waals surface area contributed by atoms with Crippen molar-refractivity contribution in [2.75, 3.05) is 11.9 Å². The average Bonchev–Trinajstić information content (AvgIpc) is 2.64. The molecule has 0 spiro atoms. The molecule has 2 N–H and O–H groups in total. The second-order valence-electron chi connectivity index (χ2n) is 5.57. The standard InChI is InChI=1S/C13H20N4O4/c1-3-5-9-10(17(20)21)11(16(2)15-9)14-8-13(12(18)19)6-4-7-13/h14H,3-8H2,1-2H3,(H,18,19). The molecule has 1 aliphatic rings. The molecule has 0 atom stereocenters. The van der Waals surface area contributed by atoms with Gasteiger partial charge in [0.05, 0.1) is 10.3 Å². The molecule has 1 fully saturated rings.